The van der Waals surface area contributed by atoms with Gasteiger partial charge in [-0.2, -0.15) is 8.42 Å². The number of hydrogen-bond acceptors (Lipinski definition) is 4. The van der Waals surface area contributed by atoms with Crippen molar-refractivity contribution in [1.29, 1.82) is 0 Å². The lowest BCUT2D eigenvalue weighted by Gasteiger charge is -1.97. The molecule has 0 fully saturated rings. The molecule has 8 heteroatoms. The van der Waals surface area contributed by atoms with E-state index in [0.29, 0.717) is 11.1 Å². The summed E-state index contributed by atoms with van der Waals surface area (Å²) >= 11 is 5.89. The number of hydrogen-bond donors (Lipinski definition) is 0. The van der Waals surface area contributed by atoms with E-state index in [-0.39, 0.29) is 10.9 Å². The number of non-ortho nitro benzene ring substituents is 1. The van der Waals surface area contributed by atoms with Crippen LogP contribution in [0.2, 0.25) is 0 Å². The van der Waals surface area contributed by atoms with Gasteiger partial charge >= 0.3 is 0 Å². The highest BCUT2D eigenvalue weighted by Gasteiger charge is 2.07. The van der Waals surface area contributed by atoms with Crippen molar-refractivity contribution in [1.82, 2.24) is 0 Å². The number of nitro benzene ring substituents is 1. The summed E-state index contributed by atoms with van der Waals surface area (Å²) in [7, 11) is -3.91. The molecule has 0 saturated heterocycles. The molecule has 2 aromatic rings. The Balaban J connectivity index is 2.19. The van der Waals surface area contributed by atoms with E-state index in [4.69, 9.17) is 11.6 Å². The maximum Gasteiger partial charge on any atom is 0.276 e. The molecule has 2 aromatic carbocycles. The van der Waals surface area contributed by atoms with Gasteiger partial charge in [-0.3, -0.25) is 10.1 Å². The fourth-order valence-electron chi connectivity index (χ4n) is 1.64. The van der Waals surface area contributed by atoms with Gasteiger partial charge in [-0.05, 0) is 23.8 Å². The summed E-state index contributed by atoms with van der Waals surface area (Å²) in [6.45, 7) is 0. The maximum absolute atomic E-state index is 11.9. The van der Waals surface area contributed by atoms with Gasteiger partial charge < -0.3 is 0 Å². The van der Waals surface area contributed by atoms with Gasteiger partial charge in [0.2, 0.25) is 0 Å². The average molecular weight is 351 g/mol. The second-order valence-corrected chi connectivity index (χ2v) is 6.26. The fourth-order valence-corrected chi connectivity index (χ4v) is 2.78. The lowest BCUT2D eigenvalue weighted by atomic mass is 10.2. The lowest BCUT2D eigenvalue weighted by molar-refractivity contribution is -0.384. The van der Waals surface area contributed by atoms with Crippen LogP contribution in [0.25, 0.3) is 6.08 Å². The first-order valence-corrected chi connectivity index (χ1v) is 8.24. The molecular formula is C15H11ClN2O4S. The van der Waals surface area contributed by atoms with E-state index in [1.807, 2.05) is 0 Å². The third-order valence-electron chi connectivity index (χ3n) is 2.76. The Morgan fingerprint density at radius 1 is 1.09 bits per heavy atom. The van der Waals surface area contributed by atoms with Gasteiger partial charge in [-0.1, -0.05) is 41.9 Å². The van der Waals surface area contributed by atoms with Gasteiger partial charge in [0.05, 0.1) is 10.3 Å². The number of sulfonamides is 1. The van der Waals surface area contributed by atoms with Gasteiger partial charge in [0.1, 0.15) is 5.17 Å². The Labute approximate surface area is 138 Å². The minimum Gasteiger partial charge on any atom is -0.258 e. The van der Waals surface area contributed by atoms with Crippen molar-refractivity contribution < 1.29 is 13.3 Å². The average Bonchev–Trinajstić information content (AvgIpc) is 2.54. The molecule has 0 atom stereocenters. The Kier molecular flexibility index (Phi) is 5.25. The van der Waals surface area contributed by atoms with Crippen molar-refractivity contribution in [2.24, 2.45) is 4.40 Å². The maximum atomic E-state index is 11.9. The third kappa shape index (κ3) is 5.01. The Morgan fingerprint density at radius 2 is 1.70 bits per heavy atom. The molecule has 0 bridgehead atoms. The summed E-state index contributed by atoms with van der Waals surface area (Å²) in [5, 5.41) is 11.3. The molecule has 0 heterocycles. The van der Waals surface area contributed by atoms with Crippen LogP contribution in [-0.2, 0) is 10.0 Å². The fraction of sp³-hybridized carbons (Fsp3) is 0. The normalized spacial score (nSPS) is 12.5. The molecule has 118 valence electrons. The second kappa shape index (κ2) is 7.17. The van der Waals surface area contributed by atoms with E-state index < -0.39 is 14.9 Å². The van der Waals surface area contributed by atoms with E-state index in [1.54, 1.807) is 30.3 Å². The van der Waals surface area contributed by atoms with E-state index in [9.17, 15) is 18.5 Å². The molecule has 0 N–H and O–H groups in total. The molecule has 23 heavy (non-hydrogen) atoms. The zero-order valence-electron chi connectivity index (χ0n) is 11.7. The molecule has 0 aliphatic heterocycles. The van der Waals surface area contributed by atoms with Crippen LogP contribution in [-0.4, -0.2) is 18.5 Å². The predicted octanol–water partition coefficient (Wildman–Crippen LogP) is 3.58. The highest BCUT2D eigenvalue weighted by Crippen LogP contribution is 2.14. The summed E-state index contributed by atoms with van der Waals surface area (Å²) in [4.78, 5) is 10.0. The number of nitrogens with zero attached hydrogens (tertiary/aromatic N) is 2. The highest BCUT2D eigenvalue weighted by atomic mass is 35.5. The first-order chi connectivity index (χ1) is 10.9. The van der Waals surface area contributed by atoms with Crippen LogP contribution in [0.4, 0.5) is 5.69 Å². The molecule has 6 nitrogen and oxygen atoms in total. The standard InChI is InChI=1S/C15H11ClN2O4S/c16-15(13-4-2-1-3-5-13)17-23(21,22)11-10-12-6-8-14(9-7-12)18(19)20/h1-11H. The van der Waals surface area contributed by atoms with Crippen molar-refractivity contribution in [3.63, 3.8) is 0 Å². The molecule has 0 aromatic heterocycles. The molecule has 2 rings (SSSR count). The molecule has 0 aliphatic rings. The Bertz CT molecular complexity index is 860. The van der Waals surface area contributed by atoms with Crippen LogP contribution in [0.3, 0.4) is 0 Å². The molecule has 0 aliphatic carbocycles. The van der Waals surface area contributed by atoms with Crippen molar-refractivity contribution in [3.05, 3.63) is 81.2 Å². The second-order valence-electron chi connectivity index (χ2n) is 4.41. The van der Waals surface area contributed by atoms with Crippen LogP contribution >= 0.6 is 11.6 Å². The van der Waals surface area contributed by atoms with E-state index in [0.717, 1.165) is 5.41 Å². The molecule has 0 amide bonds. The zero-order chi connectivity index (χ0) is 16.9. The number of nitro groups is 1. The summed E-state index contributed by atoms with van der Waals surface area (Å²) < 4.78 is 27.3. The van der Waals surface area contributed by atoms with Crippen molar-refractivity contribution >= 4 is 38.6 Å². The summed E-state index contributed by atoms with van der Waals surface area (Å²) in [6.07, 6.45) is 1.29. The van der Waals surface area contributed by atoms with E-state index in [2.05, 4.69) is 4.40 Å². The van der Waals surface area contributed by atoms with Gasteiger partial charge in [0.15, 0.2) is 0 Å². The summed E-state index contributed by atoms with van der Waals surface area (Å²) in [5.41, 5.74) is 0.904. The summed E-state index contributed by atoms with van der Waals surface area (Å²) in [6, 6.07) is 13.9. The quantitative estimate of drug-likeness (QED) is 0.468. The van der Waals surface area contributed by atoms with Gasteiger partial charge in [-0.25, -0.2) is 0 Å². The van der Waals surface area contributed by atoms with Gasteiger partial charge in [0.25, 0.3) is 15.7 Å². The Morgan fingerprint density at radius 3 is 2.26 bits per heavy atom. The molecule has 0 saturated carbocycles. The summed E-state index contributed by atoms with van der Waals surface area (Å²) in [5.74, 6) is 0. The van der Waals surface area contributed by atoms with Crippen LogP contribution in [0.15, 0.2) is 64.4 Å². The third-order valence-corrected chi connectivity index (χ3v) is 4.08. The molecule has 0 radical (unpaired) electrons. The number of rotatable bonds is 5. The SMILES string of the molecule is O=[N+]([O-])c1ccc(C=CS(=O)(=O)N=C(Cl)c2ccccc2)cc1. The first-order valence-electron chi connectivity index (χ1n) is 6.36. The highest BCUT2D eigenvalue weighted by molar-refractivity contribution is 7.93. The van der Waals surface area contributed by atoms with Crippen molar-refractivity contribution in [2.75, 3.05) is 0 Å². The molecule has 0 unspecified atom stereocenters. The minimum absolute atomic E-state index is 0.0739. The lowest BCUT2D eigenvalue weighted by Crippen LogP contribution is -1.97. The van der Waals surface area contributed by atoms with Crippen LogP contribution in [0.1, 0.15) is 11.1 Å². The topological polar surface area (TPSA) is 89.6 Å². The van der Waals surface area contributed by atoms with Crippen LogP contribution in [0.5, 0.6) is 0 Å². The minimum atomic E-state index is -3.91. The largest absolute Gasteiger partial charge is 0.276 e. The molecular weight excluding hydrogens is 340 g/mol. The number of benzene rings is 2. The van der Waals surface area contributed by atoms with Gasteiger partial charge in [0, 0.05) is 17.7 Å². The Hall–Kier alpha value is -2.51. The van der Waals surface area contributed by atoms with Gasteiger partial charge in [-0.15, -0.1) is 4.40 Å². The van der Waals surface area contributed by atoms with Crippen LogP contribution < -0.4 is 0 Å². The van der Waals surface area contributed by atoms with Crippen molar-refractivity contribution in [2.45, 2.75) is 0 Å². The first kappa shape index (κ1) is 16.9. The molecule has 0 spiro atoms. The smallest absolute Gasteiger partial charge is 0.258 e. The predicted molar refractivity (Wildman–Crippen MR) is 89.9 cm³/mol. The van der Waals surface area contributed by atoms with E-state index in [1.165, 1.54) is 30.3 Å². The monoisotopic (exact) mass is 350 g/mol. The van der Waals surface area contributed by atoms with Crippen molar-refractivity contribution in [3.8, 4) is 0 Å². The van der Waals surface area contributed by atoms with Crippen LogP contribution in [0, 0.1) is 10.1 Å². The zero-order valence-corrected chi connectivity index (χ0v) is 13.2. The number of halogens is 1. The van der Waals surface area contributed by atoms with E-state index >= 15 is 0 Å².